The maximum Gasteiger partial charge on any atom is 0.251 e. The van der Waals surface area contributed by atoms with Gasteiger partial charge < -0.3 is 4.90 Å². The zero-order chi connectivity index (χ0) is 16.1. The predicted octanol–water partition coefficient (Wildman–Crippen LogP) is 3.79. The monoisotopic (exact) mass is 302 g/mol. The Bertz CT molecular complexity index is 757. The van der Waals surface area contributed by atoms with Gasteiger partial charge in [-0.05, 0) is 24.0 Å². The summed E-state index contributed by atoms with van der Waals surface area (Å²) in [6.45, 7) is 1.33. The highest BCUT2D eigenvalue weighted by atomic mass is 16.2. The average molecular weight is 302 g/mol. The minimum Gasteiger partial charge on any atom is -0.335 e. The predicted molar refractivity (Wildman–Crippen MR) is 90.1 cm³/mol. The Labute approximate surface area is 136 Å². The average Bonchev–Trinajstić information content (AvgIpc) is 2.61. The van der Waals surface area contributed by atoms with Gasteiger partial charge in [0.2, 0.25) is 0 Å². The number of nitriles is 1. The first-order valence-electron chi connectivity index (χ1n) is 7.81. The van der Waals surface area contributed by atoms with Crippen LogP contribution in [0, 0.1) is 11.3 Å². The molecule has 114 valence electrons. The molecule has 3 nitrogen and oxygen atoms in total. The molecule has 3 rings (SSSR count). The zero-order valence-electron chi connectivity index (χ0n) is 12.9. The van der Waals surface area contributed by atoms with Crippen molar-refractivity contribution in [2.75, 3.05) is 6.54 Å². The van der Waals surface area contributed by atoms with Crippen molar-refractivity contribution < 1.29 is 4.79 Å². The number of likely N-dealkylation sites (tertiary alicyclic amines) is 1. The highest BCUT2D eigenvalue weighted by Crippen LogP contribution is 2.27. The number of benzene rings is 2. The Kier molecular flexibility index (Phi) is 4.54. The van der Waals surface area contributed by atoms with Crippen molar-refractivity contribution in [1.29, 1.82) is 5.26 Å². The Hall–Kier alpha value is -2.86. The smallest absolute Gasteiger partial charge is 0.251 e. The lowest BCUT2D eigenvalue weighted by Gasteiger charge is -2.29. The molecule has 1 aliphatic rings. The molecule has 0 aromatic heterocycles. The molecule has 0 N–H and O–H groups in total. The summed E-state index contributed by atoms with van der Waals surface area (Å²) >= 11 is 0. The van der Waals surface area contributed by atoms with Gasteiger partial charge in [-0.1, -0.05) is 60.7 Å². The molecule has 0 saturated carbocycles. The number of nitrogens with zero attached hydrogens (tertiary/aromatic N) is 2. The van der Waals surface area contributed by atoms with Crippen LogP contribution in [0.25, 0.3) is 5.57 Å². The minimum absolute atomic E-state index is 0.0134. The van der Waals surface area contributed by atoms with Crippen molar-refractivity contribution >= 4 is 11.5 Å². The Morgan fingerprint density at radius 2 is 1.70 bits per heavy atom. The minimum atomic E-state index is -0.0134. The highest BCUT2D eigenvalue weighted by Gasteiger charge is 2.26. The lowest BCUT2D eigenvalue weighted by molar-refractivity contribution is -0.129. The topological polar surface area (TPSA) is 44.1 Å². The number of carbonyl (C=O) groups is 1. The van der Waals surface area contributed by atoms with Gasteiger partial charge in [-0.3, -0.25) is 4.79 Å². The Morgan fingerprint density at radius 1 is 1.04 bits per heavy atom. The van der Waals surface area contributed by atoms with Gasteiger partial charge in [0.15, 0.2) is 0 Å². The lowest BCUT2D eigenvalue weighted by Crippen LogP contribution is -2.36. The van der Waals surface area contributed by atoms with Gasteiger partial charge >= 0.3 is 0 Å². The van der Waals surface area contributed by atoms with Crippen molar-refractivity contribution in [2.24, 2.45) is 0 Å². The van der Waals surface area contributed by atoms with Crippen LogP contribution < -0.4 is 0 Å². The van der Waals surface area contributed by atoms with Crippen LogP contribution in [0.1, 0.15) is 24.0 Å². The van der Waals surface area contributed by atoms with Gasteiger partial charge in [-0.15, -0.1) is 0 Å². The molecular weight excluding hydrogens is 284 g/mol. The van der Waals surface area contributed by atoms with E-state index in [4.69, 9.17) is 0 Å². The fraction of sp³-hybridized carbons (Fsp3) is 0.200. The maximum atomic E-state index is 12.8. The second kappa shape index (κ2) is 6.93. The van der Waals surface area contributed by atoms with Gasteiger partial charge in [-0.25, -0.2) is 0 Å². The van der Waals surface area contributed by atoms with E-state index in [2.05, 4.69) is 6.07 Å². The molecular formula is C20H18N2O. The Balaban J connectivity index is 1.90. The zero-order valence-corrected chi connectivity index (χ0v) is 12.9. The van der Waals surface area contributed by atoms with Gasteiger partial charge in [0.25, 0.3) is 5.91 Å². The Morgan fingerprint density at radius 3 is 2.35 bits per heavy atom. The molecule has 0 atom stereocenters. The van der Waals surface area contributed by atoms with Crippen LogP contribution in [0.15, 0.2) is 66.2 Å². The molecule has 1 amide bonds. The number of hydrogen-bond acceptors (Lipinski definition) is 2. The molecule has 23 heavy (non-hydrogen) atoms. The van der Waals surface area contributed by atoms with E-state index in [-0.39, 0.29) is 5.91 Å². The molecule has 1 aliphatic heterocycles. The standard InChI is InChI=1S/C20H18N2O/c21-14-19(17-10-5-2-6-11-17)18-12-7-13-22(20(18)23)15-16-8-3-1-4-9-16/h1-6,8-11H,7,12-13,15H2/b19-18+. The van der Waals surface area contributed by atoms with E-state index in [9.17, 15) is 10.1 Å². The molecule has 2 aromatic carbocycles. The SMILES string of the molecule is N#C/C(=C1/CCCN(Cc2ccccc2)C1=O)c1ccccc1. The third-order valence-corrected chi connectivity index (χ3v) is 4.09. The van der Waals surface area contributed by atoms with Crippen molar-refractivity contribution in [3.05, 3.63) is 77.4 Å². The first-order valence-corrected chi connectivity index (χ1v) is 7.81. The summed E-state index contributed by atoms with van der Waals surface area (Å²) < 4.78 is 0. The number of piperidine rings is 1. The summed E-state index contributed by atoms with van der Waals surface area (Å²) in [6, 6.07) is 21.7. The second-order valence-electron chi connectivity index (χ2n) is 5.65. The van der Waals surface area contributed by atoms with Crippen molar-refractivity contribution in [3.63, 3.8) is 0 Å². The van der Waals surface area contributed by atoms with Crippen LogP contribution in [-0.4, -0.2) is 17.4 Å². The summed E-state index contributed by atoms with van der Waals surface area (Å²) in [6.07, 6.45) is 1.56. The van der Waals surface area contributed by atoms with E-state index in [1.807, 2.05) is 65.6 Å². The van der Waals surface area contributed by atoms with E-state index in [0.29, 0.717) is 24.1 Å². The first-order chi connectivity index (χ1) is 11.3. The number of hydrogen-bond donors (Lipinski definition) is 0. The number of allylic oxidation sites excluding steroid dienone is 1. The van der Waals surface area contributed by atoms with Crippen molar-refractivity contribution in [2.45, 2.75) is 19.4 Å². The fourth-order valence-electron chi connectivity index (χ4n) is 2.94. The van der Waals surface area contributed by atoms with Gasteiger partial charge in [0, 0.05) is 18.7 Å². The summed E-state index contributed by atoms with van der Waals surface area (Å²) in [7, 11) is 0. The van der Waals surface area contributed by atoms with Gasteiger partial charge in [0.1, 0.15) is 6.07 Å². The third kappa shape index (κ3) is 3.32. The molecule has 0 unspecified atom stereocenters. The number of rotatable bonds is 3. The van der Waals surface area contributed by atoms with E-state index in [1.165, 1.54) is 0 Å². The van der Waals surface area contributed by atoms with Crippen LogP contribution in [-0.2, 0) is 11.3 Å². The molecule has 0 radical (unpaired) electrons. The molecule has 1 fully saturated rings. The van der Waals surface area contributed by atoms with Gasteiger partial charge in [0.05, 0.1) is 5.57 Å². The molecule has 0 bridgehead atoms. The normalized spacial score (nSPS) is 16.8. The number of amides is 1. The van der Waals surface area contributed by atoms with Crippen molar-refractivity contribution in [3.8, 4) is 6.07 Å². The molecule has 0 aliphatic carbocycles. The molecule has 2 aromatic rings. The molecule has 1 saturated heterocycles. The van der Waals surface area contributed by atoms with Crippen molar-refractivity contribution in [1.82, 2.24) is 4.90 Å². The molecule has 3 heteroatoms. The molecule has 0 spiro atoms. The highest BCUT2D eigenvalue weighted by molar-refractivity contribution is 6.04. The largest absolute Gasteiger partial charge is 0.335 e. The van der Waals surface area contributed by atoms with E-state index in [1.54, 1.807) is 0 Å². The number of carbonyl (C=O) groups excluding carboxylic acids is 1. The van der Waals surface area contributed by atoms with E-state index >= 15 is 0 Å². The van der Waals surface area contributed by atoms with Crippen LogP contribution in [0.4, 0.5) is 0 Å². The third-order valence-electron chi connectivity index (χ3n) is 4.09. The summed E-state index contributed by atoms with van der Waals surface area (Å²) in [5.74, 6) is -0.0134. The first kappa shape index (κ1) is 15.1. The lowest BCUT2D eigenvalue weighted by atomic mass is 9.94. The quantitative estimate of drug-likeness (QED) is 0.639. The second-order valence-corrected chi connectivity index (χ2v) is 5.65. The molecule has 1 heterocycles. The van der Waals surface area contributed by atoms with E-state index in [0.717, 1.165) is 24.1 Å². The summed E-state index contributed by atoms with van der Waals surface area (Å²) in [5, 5.41) is 9.55. The van der Waals surface area contributed by atoms with Crippen LogP contribution in [0.5, 0.6) is 0 Å². The summed E-state index contributed by atoms with van der Waals surface area (Å²) in [4.78, 5) is 14.7. The summed E-state index contributed by atoms with van der Waals surface area (Å²) in [5.41, 5.74) is 3.08. The fourth-order valence-corrected chi connectivity index (χ4v) is 2.94. The maximum absolute atomic E-state index is 12.8. The van der Waals surface area contributed by atoms with Crippen LogP contribution >= 0.6 is 0 Å². The van der Waals surface area contributed by atoms with E-state index < -0.39 is 0 Å². The van der Waals surface area contributed by atoms with Crippen LogP contribution in [0.3, 0.4) is 0 Å². The van der Waals surface area contributed by atoms with Crippen LogP contribution in [0.2, 0.25) is 0 Å². The van der Waals surface area contributed by atoms with Gasteiger partial charge in [-0.2, -0.15) is 5.26 Å².